The lowest BCUT2D eigenvalue weighted by atomic mass is 9.94. The van der Waals surface area contributed by atoms with Gasteiger partial charge < -0.3 is 5.11 Å². The molecule has 2 fully saturated rings. The molecule has 1 aromatic carbocycles. The van der Waals surface area contributed by atoms with E-state index in [9.17, 15) is 18.3 Å². The van der Waals surface area contributed by atoms with Crippen molar-refractivity contribution >= 4 is 16.0 Å². The Morgan fingerprint density at radius 3 is 2.76 bits per heavy atom. The van der Waals surface area contributed by atoms with Crippen LogP contribution in [0.4, 0.5) is 0 Å². The maximum absolute atomic E-state index is 12.8. The van der Waals surface area contributed by atoms with Crippen LogP contribution in [-0.4, -0.2) is 36.4 Å². The summed E-state index contributed by atoms with van der Waals surface area (Å²) >= 11 is 0. The van der Waals surface area contributed by atoms with Gasteiger partial charge in [-0.1, -0.05) is 18.6 Å². The molecular formula is C15H19NO4S. The Hall–Kier alpha value is -1.40. The summed E-state index contributed by atoms with van der Waals surface area (Å²) in [5.74, 6) is -0.881. The molecule has 1 saturated carbocycles. The molecule has 0 bridgehead atoms. The van der Waals surface area contributed by atoms with Gasteiger partial charge in [-0.05, 0) is 49.3 Å². The number of carbonyl (C=O) groups is 1. The van der Waals surface area contributed by atoms with Crippen LogP contribution >= 0.6 is 0 Å². The smallest absolute Gasteiger partial charge is 0.322 e. The van der Waals surface area contributed by atoms with Crippen molar-refractivity contribution in [1.29, 1.82) is 0 Å². The van der Waals surface area contributed by atoms with Crippen molar-refractivity contribution in [2.75, 3.05) is 6.54 Å². The van der Waals surface area contributed by atoms with Crippen molar-refractivity contribution in [1.82, 2.24) is 4.31 Å². The maximum atomic E-state index is 12.8. The number of nitrogens with zero attached hydrogens (tertiary/aromatic N) is 1. The molecule has 0 aromatic heterocycles. The van der Waals surface area contributed by atoms with Crippen molar-refractivity contribution in [3.8, 4) is 0 Å². The predicted molar refractivity (Wildman–Crippen MR) is 77.3 cm³/mol. The van der Waals surface area contributed by atoms with Gasteiger partial charge in [-0.2, -0.15) is 4.31 Å². The fourth-order valence-corrected chi connectivity index (χ4v) is 5.52. The van der Waals surface area contributed by atoms with E-state index >= 15 is 0 Å². The number of rotatable bonds is 3. The van der Waals surface area contributed by atoms with Gasteiger partial charge in [0.15, 0.2) is 0 Å². The third-order valence-electron chi connectivity index (χ3n) is 4.70. The van der Waals surface area contributed by atoms with Crippen molar-refractivity contribution in [3.63, 3.8) is 0 Å². The molecule has 0 amide bonds. The van der Waals surface area contributed by atoms with Crippen molar-refractivity contribution in [3.05, 3.63) is 29.8 Å². The highest BCUT2D eigenvalue weighted by atomic mass is 32.2. The van der Waals surface area contributed by atoms with Gasteiger partial charge in [0, 0.05) is 6.54 Å². The first-order valence-corrected chi connectivity index (χ1v) is 8.66. The van der Waals surface area contributed by atoms with Crippen LogP contribution in [0.2, 0.25) is 0 Å². The van der Waals surface area contributed by atoms with E-state index in [0.717, 1.165) is 24.8 Å². The Kier molecular flexibility index (Phi) is 3.53. The van der Waals surface area contributed by atoms with E-state index in [-0.39, 0.29) is 16.7 Å². The van der Waals surface area contributed by atoms with Crippen molar-refractivity contribution in [2.45, 2.75) is 37.1 Å². The molecule has 6 heteroatoms. The molecule has 0 radical (unpaired) electrons. The number of fused-ring (bicyclic) bond motifs is 1. The molecule has 0 spiro atoms. The van der Waals surface area contributed by atoms with Gasteiger partial charge in [-0.3, -0.25) is 4.79 Å². The van der Waals surface area contributed by atoms with Crippen molar-refractivity contribution < 1.29 is 18.3 Å². The van der Waals surface area contributed by atoms with Crippen LogP contribution in [0.5, 0.6) is 0 Å². The molecule has 114 valence electrons. The largest absolute Gasteiger partial charge is 0.480 e. The second-order valence-electron chi connectivity index (χ2n) is 6.03. The molecule has 1 N–H and O–H groups in total. The lowest BCUT2D eigenvalue weighted by molar-refractivity contribution is -0.142. The number of hydrogen-bond acceptors (Lipinski definition) is 3. The average molecular weight is 309 g/mol. The fourth-order valence-electron chi connectivity index (χ4n) is 3.73. The summed E-state index contributed by atoms with van der Waals surface area (Å²) in [6.45, 7) is 2.16. The normalized spacial score (nSPS) is 29.5. The van der Waals surface area contributed by atoms with Crippen LogP contribution in [-0.2, 0) is 14.8 Å². The monoisotopic (exact) mass is 309 g/mol. The zero-order valence-electron chi connectivity index (χ0n) is 11.9. The molecule has 2 aliphatic rings. The summed E-state index contributed by atoms with van der Waals surface area (Å²) in [5.41, 5.74) is 0.849. The van der Waals surface area contributed by atoms with E-state index < -0.39 is 22.0 Å². The molecule has 1 saturated heterocycles. The summed E-state index contributed by atoms with van der Waals surface area (Å²) in [5, 5.41) is 9.49. The fraction of sp³-hybridized carbons (Fsp3) is 0.533. The zero-order valence-corrected chi connectivity index (χ0v) is 12.7. The molecule has 1 aliphatic heterocycles. The van der Waals surface area contributed by atoms with Gasteiger partial charge in [0.05, 0.1) is 4.90 Å². The summed E-state index contributed by atoms with van der Waals surface area (Å²) in [4.78, 5) is 11.8. The van der Waals surface area contributed by atoms with E-state index in [0.29, 0.717) is 6.54 Å². The summed E-state index contributed by atoms with van der Waals surface area (Å²) < 4.78 is 26.8. The van der Waals surface area contributed by atoms with Gasteiger partial charge in [0.2, 0.25) is 10.0 Å². The minimum absolute atomic E-state index is 0.0397. The first-order valence-electron chi connectivity index (χ1n) is 7.22. The lowest BCUT2D eigenvalue weighted by Crippen LogP contribution is -2.43. The minimum atomic E-state index is -3.74. The molecule has 1 aromatic rings. The maximum Gasteiger partial charge on any atom is 0.322 e. The number of carboxylic acid groups (broad SMARTS) is 1. The van der Waals surface area contributed by atoms with Crippen LogP contribution in [0.1, 0.15) is 24.8 Å². The highest BCUT2D eigenvalue weighted by Crippen LogP contribution is 2.44. The van der Waals surface area contributed by atoms with Crippen LogP contribution in [0.15, 0.2) is 29.2 Å². The predicted octanol–water partition coefficient (Wildman–Crippen LogP) is 1.87. The molecule has 1 heterocycles. The first kappa shape index (κ1) is 14.5. The van der Waals surface area contributed by atoms with Crippen LogP contribution in [0.3, 0.4) is 0 Å². The summed E-state index contributed by atoms with van der Waals surface area (Å²) in [6.07, 6.45) is 2.73. The Balaban J connectivity index is 2.00. The molecule has 3 unspecified atom stereocenters. The standard InChI is InChI=1S/C15H19NO4S/c1-10-4-2-6-12(8-10)21(19,20)16-9-11-5-3-7-13(11)14(16)15(17)18/h2,4,6,8,11,13-14H,3,5,7,9H2,1H3,(H,17,18). The van der Waals surface area contributed by atoms with E-state index in [1.54, 1.807) is 12.1 Å². The van der Waals surface area contributed by atoms with E-state index in [1.165, 1.54) is 10.4 Å². The van der Waals surface area contributed by atoms with E-state index in [1.807, 2.05) is 13.0 Å². The first-order chi connectivity index (χ1) is 9.91. The highest BCUT2D eigenvalue weighted by molar-refractivity contribution is 7.89. The third-order valence-corrected chi connectivity index (χ3v) is 6.54. The van der Waals surface area contributed by atoms with Gasteiger partial charge in [-0.15, -0.1) is 0 Å². The molecule has 5 nitrogen and oxygen atoms in total. The molecule has 3 atom stereocenters. The third kappa shape index (κ3) is 2.36. The van der Waals surface area contributed by atoms with Gasteiger partial charge in [-0.25, -0.2) is 8.42 Å². The Morgan fingerprint density at radius 1 is 1.33 bits per heavy atom. The SMILES string of the molecule is Cc1cccc(S(=O)(=O)N2CC3CCCC3C2C(=O)O)c1. The number of sulfonamides is 1. The second-order valence-corrected chi connectivity index (χ2v) is 7.92. The Labute approximate surface area is 124 Å². The topological polar surface area (TPSA) is 74.7 Å². The van der Waals surface area contributed by atoms with Gasteiger partial charge in [0.1, 0.15) is 6.04 Å². The van der Waals surface area contributed by atoms with Crippen LogP contribution in [0.25, 0.3) is 0 Å². The van der Waals surface area contributed by atoms with Gasteiger partial charge >= 0.3 is 5.97 Å². The molecule has 1 aliphatic carbocycles. The highest BCUT2D eigenvalue weighted by Gasteiger charge is 2.52. The lowest BCUT2D eigenvalue weighted by Gasteiger charge is -2.24. The van der Waals surface area contributed by atoms with E-state index in [2.05, 4.69) is 0 Å². The molecular weight excluding hydrogens is 290 g/mol. The number of carboxylic acids is 1. The second kappa shape index (κ2) is 5.10. The number of benzene rings is 1. The number of hydrogen-bond donors (Lipinski definition) is 1. The van der Waals surface area contributed by atoms with Crippen LogP contribution in [0, 0.1) is 18.8 Å². The minimum Gasteiger partial charge on any atom is -0.480 e. The number of aryl methyl sites for hydroxylation is 1. The Morgan fingerprint density at radius 2 is 2.10 bits per heavy atom. The van der Waals surface area contributed by atoms with Crippen molar-refractivity contribution in [2.24, 2.45) is 11.8 Å². The summed E-state index contributed by atoms with van der Waals surface area (Å²) in [6, 6.07) is 5.74. The van der Waals surface area contributed by atoms with E-state index in [4.69, 9.17) is 0 Å². The quantitative estimate of drug-likeness (QED) is 0.925. The zero-order chi connectivity index (χ0) is 15.2. The van der Waals surface area contributed by atoms with Gasteiger partial charge in [0.25, 0.3) is 0 Å². The average Bonchev–Trinajstić information content (AvgIpc) is 2.97. The van der Waals surface area contributed by atoms with Crippen LogP contribution < -0.4 is 0 Å². The molecule has 3 rings (SSSR count). The molecule has 21 heavy (non-hydrogen) atoms. The Bertz CT molecular complexity index is 670. The number of aliphatic carboxylic acids is 1. The summed E-state index contributed by atoms with van der Waals surface area (Å²) in [7, 11) is -3.74.